The molecule has 0 atom stereocenters. The number of hydrogen-bond acceptors (Lipinski definition) is 6. The molecular formula is C22H30N2O6S2. The van der Waals surface area contributed by atoms with E-state index in [0.29, 0.717) is 18.2 Å². The molecule has 1 amide bonds. The van der Waals surface area contributed by atoms with Crippen molar-refractivity contribution in [2.24, 2.45) is 5.92 Å². The summed E-state index contributed by atoms with van der Waals surface area (Å²) in [6.07, 6.45) is 4.05. The summed E-state index contributed by atoms with van der Waals surface area (Å²) in [7, 11) is -7.63. The first-order chi connectivity index (χ1) is 15.0. The van der Waals surface area contributed by atoms with E-state index < -0.39 is 26.0 Å². The van der Waals surface area contributed by atoms with Gasteiger partial charge in [0, 0.05) is 22.6 Å². The largest absolute Gasteiger partial charge is 0.294 e. The Balaban J connectivity index is 2.27. The van der Waals surface area contributed by atoms with Crippen molar-refractivity contribution in [3.63, 3.8) is 0 Å². The molecule has 1 aromatic heterocycles. The molecule has 0 bridgehead atoms. The van der Waals surface area contributed by atoms with Gasteiger partial charge in [-0.2, -0.15) is 0 Å². The number of sulfonamides is 1. The predicted octanol–water partition coefficient (Wildman–Crippen LogP) is 3.61. The number of anilines is 1. The van der Waals surface area contributed by atoms with Gasteiger partial charge in [-0.15, -0.1) is 0 Å². The molecule has 1 fully saturated rings. The highest BCUT2D eigenvalue weighted by Gasteiger charge is 2.35. The number of rotatable bonds is 7. The summed E-state index contributed by atoms with van der Waals surface area (Å²) in [5, 5.41) is 0.317. The summed E-state index contributed by atoms with van der Waals surface area (Å²) in [4.78, 5) is 25.7. The monoisotopic (exact) mass is 482 g/mol. The van der Waals surface area contributed by atoms with Crippen molar-refractivity contribution >= 4 is 48.3 Å². The van der Waals surface area contributed by atoms with Gasteiger partial charge in [0.2, 0.25) is 26.0 Å². The van der Waals surface area contributed by atoms with Crippen LogP contribution in [0.15, 0.2) is 18.2 Å². The molecule has 0 aliphatic heterocycles. The summed E-state index contributed by atoms with van der Waals surface area (Å²) < 4.78 is 53.3. The Kier molecular flexibility index (Phi) is 6.86. The van der Waals surface area contributed by atoms with Crippen molar-refractivity contribution < 1.29 is 26.4 Å². The van der Waals surface area contributed by atoms with Crippen LogP contribution in [0.25, 0.3) is 10.9 Å². The van der Waals surface area contributed by atoms with Crippen LogP contribution in [0.4, 0.5) is 5.69 Å². The highest BCUT2D eigenvalue weighted by atomic mass is 32.2. The van der Waals surface area contributed by atoms with E-state index in [1.165, 1.54) is 39.0 Å². The van der Waals surface area contributed by atoms with Crippen molar-refractivity contribution in [2.75, 3.05) is 15.8 Å². The van der Waals surface area contributed by atoms with Crippen LogP contribution >= 0.6 is 0 Å². The number of carbonyl (C=O) groups is 2. The second-order valence-corrected chi connectivity index (χ2v) is 12.4. The number of aromatic nitrogens is 1. The third-order valence-corrected chi connectivity index (χ3v) is 9.60. The molecule has 0 N–H and O–H groups in total. The number of amides is 1. The number of Topliss-reactive ketones (excluding diaryl/α,β-unsaturated/α-hetero) is 1. The van der Waals surface area contributed by atoms with Crippen LogP contribution in [0.3, 0.4) is 0 Å². The molecule has 0 unspecified atom stereocenters. The average Bonchev–Trinajstić information content (AvgIpc) is 3.06. The van der Waals surface area contributed by atoms with Crippen molar-refractivity contribution in [3.05, 3.63) is 29.5 Å². The van der Waals surface area contributed by atoms with Crippen LogP contribution in [0.2, 0.25) is 0 Å². The molecule has 176 valence electrons. The molecule has 0 saturated heterocycles. The third kappa shape index (κ3) is 4.22. The maximum Gasteiger partial charge on any atom is 0.243 e. The van der Waals surface area contributed by atoms with Crippen molar-refractivity contribution in [3.8, 4) is 0 Å². The lowest BCUT2D eigenvalue weighted by Crippen LogP contribution is -2.42. The van der Waals surface area contributed by atoms with E-state index in [1.54, 1.807) is 6.92 Å². The predicted molar refractivity (Wildman–Crippen MR) is 125 cm³/mol. The summed E-state index contributed by atoms with van der Waals surface area (Å²) in [5.41, 5.74) is 0.897. The Morgan fingerprint density at radius 2 is 1.66 bits per heavy atom. The van der Waals surface area contributed by atoms with Crippen LogP contribution in [-0.2, 0) is 24.8 Å². The molecule has 8 nitrogen and oxygen atoms in total. The molecule has 3 rings (SSSR count). The van der Waals surface area contributed by atoms with Gasteiger partial charge in [-0.1, -0.05) is 19.3 Å². The maximum atomic E-state index is 13.3. The lowest BCUT2D eigenvalue weighted by molar-refractivity contribution is -0.122. The minimum atomic E-state index is -3.93. The Morgan fingerprint density at radius 3 is 2.19 bits per heavy atom. The van der Waals surface area contributed by atoms with E-state index in [1.807, 2.05) is 0 Å². The van der Waals surface area contributed by atoms with E-state index in [-0.39, 0.29) is 45.7 Å². The zero-order chi connectivity index (χ0) is 23.8. The van der Waals surface area contributed by atoms with Gasteiger partial charge in [0.25, 0.3) is 0 Å². The highest BCUT2D eigenvalue weighted by Crippen LogP contribution is 2.34. The number of hydrogen-bond donors (Lipinski definition) is 0. The topological polar surface area (TPSA) is 111 Å². The van der Waals surface area contributed by atoms with Crippen LogP contribution in [0.5, 0.6) is 0 Å². The normalized spacial score (nSPS) is 15.8. The summed E-state index contributed by atoms with van der Waals surface area (Å²) in [6.45, 7) is 5.88. The summed E-state index contributed by atoms with van der Waals surface area (Å²) >= 11 is 0. The number of ketones is 1. The molecule has 1 aliphatic rings. The van der Waals surface area contributed by atoms with Crippen LogP contribution in [-0.4, -0.2) is 44.0 Å². The quantitative estimate of drug-likeness (QED) is 0.558. The Morgan fingerprint density at radius 1 is 1.03 bits per heavy atom. The van der Waals surface area contributed by atoms with Crippen molar-refractivity contribution in [1.82, 2.24) is 3.97 Å². The number of fused-ring (bicyclic) bond motifs is 1. The first kappa shape index (κ1) is 24.4. The Hall–Kier alpha value is -2.20. The van der Waals surface area contributed by atoms with Crippen LogP contribution in [0, 0.1) is 12.8 Å². The number of carbonyl (C=O) groups excluding carboxylic acids is 2. The van der Waals surface area contributed by atoms with Gasteiger partial charge in [0.05, 0.1) is 22.7 Å². The van der Waals surface area contributed by atoms with Gasteiger partial charge >= 0.3 is 0 Å². The van der Waals surface area contributed by atoms with Gasteiger partial charge in [-0.3, -0.25) is 9.59 Å². The standard InChI is InChI=1S/C22H30N2O6S2/c1-5-31(27,28)23-15(3)21(16(4)25)19-14-18(12-13-20(19)23)24(32(29,30)6-2)22(26)17-10-8-7-9-11-17/h12-14,17H,5-11H2,1-4H3. The van der Waals surface area contributed by atoms with Crippen LogP contribution < -0.4 is 4.31 Å². The van der Waals surface area contributed by atoms with Gasteiger partial charge < -0.3 is 0 Å². The minimum Gasteiger partial charge on any atom is -0.294 e. The number of benzene rings is 1. The highest BCUT2D eigenvalue weighted by molar-refractivity contribution is 7.93. The zero-order valence-electron chi connectivity index (χ0n) is 18.9. The lowest BCUT2D eigenvalue weighted by Gasteiger charge is -2.28. The van der Waals surface area contributed by atoms with E-state index in [0.717, 1.165) is 27.5 Å². The van der Waals surface area contributed by atoms with Gasteiger partial charge in [0.1, 0.15) is 0 Å². The number of nitrogens with zero attached hydrogens (tertiary/aromatic N) is 2. The fourth-order valence-corrected chi connectivity index (χ4v) is 6.85. The maximum absolute atomic E-state index is 13.3. The van der Waals surface area contributed by atoms with Crippen molar-refractivity contribution in [2.45, 2.75) is 59.8 Å². The summed E-state index contributed by atoms with van der Waals surface area (Å²) in [5.74, 6) is -1.59. The van der Waals surface area contributed by atoms with E-state index in [4.69, 9.17) is 0 Å². The first-order valence-corrected chi connectivity index (χ1v) is 14.1. The molecule has 0 spiro atoms. The van der Waals surface area contributed by atoms with Gasteiger partial charge in [-0.05, 0) is 58.7 Å². The molecule has 10 heteroatoms. The minimum absolute atomic E-state index is 0.128. The average molecular weight is 483 g/mol. The second kappa shape index (κ2) is 8.97. The molecule has 1 aliphatic carbocycles. The molecule has 0 radical (unpaired) electrons. The Bertz CT molecular complexity index is 1270. The molecule has 1 heterocycles. The lowest BCUT2D eigenvalue weighted by atomic mass is 9.88. The van der Waals surface area contributed by atoms with E-state index in [9.17, 15) is 26.4 Å². The van der Waals surface area contributed by atoms with E-state index >= 15 is 0 Å². The van der Waals surface area contributed by atoms with Crippen molar-refractivity contribution in [1.29, 1.82) is 0 Å². The van der Waals surface area contributed by atoms with Crippen LogP contribution in [0.1, 0.15) is 68.9 Å². The molecule has 32 heavy (non-hydrogen) atoms. The smallest absolute Gasteiger partial charge is 0.243 e. The summed E-state index contributed by atoms with van der Waals surface area (Å²) in [6, 6.07) is 4.37. The fraction of sp³-hybridized carbons (Fsp3) is 0.545. The molecule has 1 aromatic carbocycles. The fourth-order valence-electron chi connectivity index (χ4n) is 4.51. The molecule has 1 saturated carbocycles. The first-order valence-electron chi connectivity index (χ1n) is 10.9. The van der Waals surface area contributed by atoms with E-state index in [2.05, 4.69) is 0 Å². The second-order valence-electron chi connectivity index (χ2n) is 8.22. The molecular weight excluding hydrogens is 452 g/mol. The zero-order valence-corrected chi connectivity index (χ0v) is 20.6. The van der Waals surface area contributed by atoms with Gasteiger partial charge in [-0.25, -0.2) is 25.1 Å². The SMILES string of the molecule is CCS(=O)(=O)N(C(=O)C1CCCCC1)c1ccc2c(c1)c(C(C)=O)c(C)n2S(=O)(=O)CC. The molecule has 2 aromatic rings. The third-order valence-electron chi connectivity index (χ3n) is 6.16. The Labute approximate surface area is 189 Å². The van der Waals surface area contributed by atoms with Gasteiger partial charge in [0.15, 0.2) is 5.78 Å².